The topological polar surface area (TPSA) is 52.5 Å². The highest BCUT2D eigenvalue weighted by Crippen LogP contribution is 2.36. The molecule has 0 unspecified atom stereocenters. The summed E-state index contributed by atoms with van der Waals surface area (Å²) in [5, 5.41) is 12.9. The number of rotatable bonds is 7. The molecule has 4 rings (SSSR count). The van der Waals surface area contributed by atoms with E-state index in [9.17, 15) is 0 Å². The SMILES string of the molecule is C/C(CC1CC1)=N\N=C(/C)C(C)(C)Nc1cc(F)c(-c2cccc3cc[nH]c23)c(F)c1C. The van der Waals surface area contributed by atoms with Crippen LogP contribution in [0, 0.1) is 24.5 Å². The number of nitrogens with zero attached hydrogens (tertiary/aromatic N) is 2. The van der Waals surface area contributed by atoms with Gasteiger partial charge in [-0.1, -0.05) is 18.2 Å². The summed E-state index contributed by atoms with van der Waals surface area (Å²) in [5.74, 6) is -0.427. The highest BCUT2D eigenvalue weighted by atomic mass is 19.1. The van der Waals surface area contributed by atoms with E-state index >= 15 is 8.78 Å². The molecule has 2 aromatic carbocycles. The van der Waals surface area contributed by atoms with E-state index in [1.165, 1.54) is 18.9 Å². The predicted octanol–water partition coefficient (Wildman–Crippen LogP) is 7.25. The van der Waals surface area contributed by atoms with Crippen LogP contribution in [0.15, 0.2) is 46.7 Å². The van der Waals surface area contributed by atoms with Gasteiger partial charge < -0.3 is 10.3 Å². The minimum atomic E-state index is -0.631. The number of fused-ring (bicyclic) bond motifs is 1. The summed E-state index contributed by atoms with van der Waals surface area (Å²) in [5.41, 5.74) is 3.09. The second-order valence-electron chi connectivity index (χ2n) is 9.39. The molecule has 1 aromatic heterocycles. The maximum absolute atomic E-state index is 15.5. The number of hydrogen-bond donors (Lipinski definition) is 2. The number of aromatic nitrogens is 1. The lowest BCUT2D eigenvalue weighted by molar-refractivity contribution is 0.583. The van der Waals surface area contributed by atoms with Gasteiger partial charge in [0.15, 0.2) is 0 Å². The van der Waals surface area contributed by atoms with Crippen LogP contribution in [0.1, 0.15) is 52.5 Å². The lowest BCUT2D eigenvalue weighted by atomic mass is 9.95. The standard InChI is InChI=1S/C26H30F2N4/c1-15(13-18-9-10-18)31-32-17(3)26(4,5)30-22-14-21(27)23(24(28)16(22)2)20-8-6-7-19-11-12-29-25(19)20/h6-8,11-12,14,18,29-30H,9-10,13H2,1-5H3/b31-15+,32-17+. The maximum atomic E-state index is 15.5. The first-order valence-corrected chi connectivity index (χ1v) is 11.1. The molecule has 1 aliphatic rings. The van der Waals surface area contributed by atoms with Crippen molar-refractivity contribution < 1.29 is 8.78 Å². The zero-order valence-corrected chi connectivity index (χ0v) is 19.3. The Kier molecular flexibility index (Phi) is 5.89. The molecule has 1 heterocycles. The minimum absolute atomic E-state index is 0.0235. The van der Waals surface area contributed by atoms with Crippen molar-refractivity contribution >= 4 is 28.0 Å². The Bertz CT molecular complexity index is 1220. The van der Waals surface area contributed by atoms with Gasteiger partial charge in [-0.05, 0) is 77.3 Å². The summed E-state index contributed by atoms with van der Waals surface area (Å²) in [6, 6.07) is 8.70. The predicted molar refractivity (Wildman–Crippen MR) is 130 cm³/mol. The zero-order valence-electron chi connectivity index (χ0n) is 19.3. The monoisotopic (exact) mass is 436 g/mol. The van der Waals surface area contributed by atoms with E-state index in [0.717, 1.165) is 29.1 Å². The minimum Gasteiger partial charge on any atom is -0.374 e. The van der Waals surface area contributed by atoms with Crippen LogP contribution in [0.2, 0.25) is 0 Å². The Morgan fingerprint density at radius 3 is 2.62 bits per heavy atom. The molecule has 6 heteroatoms. The zero-order chi connectivity index (χ0) is 23.0. The molecule has 0 amide bonds. The summed E-state index contributed by atoms with van der Waals surface area (Å²) < 4.78 is 30.7. The van der Waals surface area contributed by atoms with E-state index < -0.39 is 17.2 Å². The van der Waals surface area contributed by atoms with Crippen LogP contribution in [-0.2, 0) is 0 Å². The molecule has 0 radical (unpaired) electrons. The number of H-pyrrole nitrogens is 1. The van der Waals surface area contributed by atoms with Crippen molar-refractivity contribution in [1.29, 1.82) is 0 Å². The third-order valence-electron chi connectivity index (χ3n) is 6.32. The normalized spacial score (nSPS) is 15.5. The smallest absolute Gasteiger partial charge is 0.139 e. The number of benzene rings is 2. The molecule has 0 atom stereocenters. The van der Waals surface area contributed by atoms with Gasteiger partial charge in [0, 0.05) is 28.7 Å². The number of halogens is 2. The summed E-state index contributed by atoms with van der Waals surface area (Å²) >= 11 is 0. The van der Waals surface area contributed by atoms with Crippen molar-refractivity contribution in [2.75, 3.05) is 5.32 Å². The first-order chi connectivity index (χ1) is 15.2. The van der Waals surface area contributed by atoms with Crippen LogP contribution >= 0.6 is 0 Å². The summed E-state index contributed by atoms with van der Waals surface area (Å²) in [4.78, 5) is 3.09. The molecule has 0 spiro atoms. The fourth-order valence-corrected chi connectivity index (χ4v) is 3.88. The Morgan fingerprint density at radius 2 is 1.91 bits per heavy atom. The van der Waals surface area contributed by atoms with Crippen molar-refractivity contribution in [3.8, 4) is 11.1 Å². The Labute approximate surface area is 187 Å². The fourth-order valence-electron chi connectivity index (χ4n) is 3.88. The number of anilines is 1. The highest BCUT2D eigenvalue weighted by molar-refractivity contribution is 5.96. The molecule has 1 aliphatic carbocycles. The van der Waals surface area contributed by atoms with E-state index in [-0.39, 0.29) is 5.56 Å². The average Bonchev–Trinajstić information content (AvgIpc) is 3.41. The van der Waals surface area contributed by atoms with Crippen LogP contribution in [0.3, 0.4) is 0 Å². The molecule has 0 saturated heterocycles. The van der Waals surface area contributed by atoms with Crippen LogP contribution in [-0.4, -0.2) is 21.9 Å². The van der Waals surface area contributed by atoms with Gasteiger partial charge in [-0.2, -0.15) is 10.2 Å². The fraction of sp³-hybridized carbons (Fsp3) is 0.385. The lowest BCUT2D eigenvalue weighted by Gasteiger charge is -2.28. The molecule has 1 saturated carbocycles. The molecule has 3 aromatic rings. The molecule has 32 heavy (non-hydrogen) atoms. The second kappa shape index (κ2) is 8.49. The van der Waals surface area contributed by atoms with Gasteiger partial charge in [-0.25, -0.2) is 8.78 Å². The van der Waals surface area contributed by atoms with E-state index in [1.807, 2.05) is 39.8 Å². The van der Waals surface area contributed by atoms with Crippen LogP contribution < -0.4 is 5.32 Å². The van der Waals surface area contributed by atoms with Crippen molar-refractivity contribution in [2.45, 2.75) is 59.4 Å². The maximum Gasteiger partial charge on any atom is 0.139 e. The summed E-state index contributed by atoms with van der Waals surface area (Å²) in [6.07, 6.45) is 5.29. The Balaban J connectivity index is 1.64. The Hall–Kier alpha value is -3.02. The molecule has 168 valence electrons. The van der Waals surface area contributed by atoms with Gasteiger partial charge >= 0.3 is 0 Å². The van der Waals surface area contributed by atoms with Crippen LogP contribution in [0.4, 0.5) is 14.5 Å². The van der Waals surface area contributed by atoms with Crippen LogP contribution in [0.25, 0.3) is 22.0 Å². The molecule has 4 nitrogen and oxygen atoms in total. The quantitative estimate of drug-likeness (QED) is 0.297. The molecule has 0 bridgehead atoms. The molecular weight excluding hydrogens is 406 g/mol. The molecular formula is C26H30F2N4. The molecule has 0 aliphatic heterocycles. The van der Waals surface area contributed by atoms with Gasteiger partial charge in [0.2, 0.25) is 0 Å². The largest absolute Gasteiger partial charge is 0.374 e. The third-order valence-corrected chi connectivity index (χ3v) is 6.32. The highest BCUT2D eigenvalue weighted by Gasteiger charge is 2.26. The number of hydrogen-bond acceptors (Lipinski definition) is 3. The number of para-hydroxylation sites is 1. The lowest BCUT2D eigenvalue weighted by Crippen LogP contribution is -2.39. The number of nitrogens with one attached hydrogen (secondary N) is 2. The number of aromatic amines is 1. The van der Waals surface area contributed by atoms with E-state index in [1.54, 1.807) is 25.3 Å². The molecule has 2 N–H and O–H groups in total. The Morgan fingerprint density at radius 1 is 1.16 bits per heavy atom. The van der Waals surface area contributed by atoms with Gasteiger partial charge in [0.25, 0.3) is 0 Å². The summed E-state index contributed by atoms with van der Waals surface area (Å²) in [6.45, 7) is 9.40. The van der Waals surface area contributed by atoms with Crippen LogP contribution in [0.5, 0.6) is 0 Å². The van der Waals surface area contributed by atoms with Crippen molar-refractivity contribution in [2.24, 2.45) is 16.1 Å². The van der Waals surface area contributed by atoms with E-state index in [2.05, 4.69) is 20.5 Å². The van der Waals surface area contributed by atoms with Crippen molar-refractivity contribution in [1.82, 2.24) is 4.98 Å². The molecule has 1 fully saturated rings. The van der Waals surface area contributed by atoms with E-state index in [0.29, 0.717) is 22.3 Å². The van der Waals surface area contributed by atoms with E-state index in [4.69, 9.17) is 0 Å². The third kappa shape index (κ3) is 4.45. The van der Waals surface area contributed by atoms with Gasteiger partial charge in [-0.3, -0.25) is 0 Å². The van der Waals surface area contributed by atoms with Crippen molar-refractivity contribution in [3.63, 3.8) is 0 Å². The van der Waals surface area contributed by atoms with Gasteiger partial charge in [0.1, 0.15) is 11.6 Å². The average molecular weight is 437 g/mol. The van der Waals surface area contributed by atoms with Gasteiger partial charge in [-0.15, -0.1) is 0 Å². The first-order valence-electron chi connectivity index (χ1n) is 11.1. The van der Waals surface area contributed by atoms with Crippen molar-refractivity contribution in [3.05, 3.63) is 53.7 Å². The first kappa shape index (κ1) is 22.2. The van der Waals surface area contributed by atoms with Gasteiger partial charge in [0.05, 0.1) is 22.3 Å². The second-order valence-corrected chi connectivity index (χ2v) is 9.39. The summed E-state index contributed by atoms with van der Waals surface area (Å²) in [7, 11) is 0.